The molecule has 1 aliphatic rings. The fourth-order valence-corrected chi connectivity index (χ4v) is 2.38. The minimum absolute atomic E-state index is 0.243. The molecule has 0 aromatic heterocycles. The summed E-state index contributed by atoms with van der Waals surface area (Å²) in [5.41, 5.74) is 0.335. The predicted molar refractivity (Wildman–Crippen MR) is 70.0 cm³/mol. The summed E-state index contributed by atoms with van der Waals surface area (Å²) in [7, 11) is 0. The van der Waals surface area contributed by atoms with Gasteiger partial charge in [0.2, 0.25) is 0 Å². The van der Waals surface area contributed by atoms with Gasteiger partial charge in [-0.05, 0) is 52.9 Å². The zero-order chi connectivity index (χ0) is 13.0. The molecule has 0 atom stereocenters. The van der Waals surface area contributed by atoms with Gasteiger partial charge in [-0.1, -0.05) is 0 Å². The van der Waals surface area contributed by atoms with Crippen molar-refractivity contribution < 1.29 is 13.9 Å². The van der Waals surface area contributed by atoms with Crippen molar-refractivity contribution in [2.45, 2.75) is 12.8 Å². The van der Waals surface area contributed by atoms with Crippen LogP contribution < -0.4 is 5.32 Å². The number of carbonyl (C=O) groups excluding carboxylic acids is 1. The van der Waals surface area contributed by atoms with E-state index < -0.39 is 5.82 Å². The van der Waals surface area contributed by atoms with Gasteiger partial charge in [0.1, 0.15) is 5.82 Å². The molecule has 0 aliphatic carbocycles. The second-order valence-electron chi connectivity index (χ2n) is 4.39. The quantitative estimate of drug-likeness (QED) is 0.931. The fraction of sp³-hybridized carbons (Fsp3) is 0.462. The van der Waals surface area contributed by atoms with Crippen molar-refractivity contribution in [1.82, 2.24) is 5.32 Å². The topological polar surface area (TPSA) is 38.3 Å². The van der Waals surface area contributed by atoms with Crippen molar-refractivity contribution in [3.63, 3.8) is 0 Å². The Bertz CT molecular complexity index is 433. The molecule has 0 radical (unpaired) electrons. The SMILES string of the molecule is O=C(NCC1CCOCC1)c1cc(F)ccc1Br. The highest BCUT2D eigenvalue weighted by Crippen LogP contribution is 2.18. The van der Waals surface area contributed by atoms with Crippen molar-refractivity contribution in [3.05, 3.63) is 34.1 Å². The first-order valence-corrected chi connectivity index (χ1v) is 6.77. The Morgan fingerprint density at radius 1 is 1.44 bits per heavy atom. The maximum atomic E-state index is 13.1. The number of halogens is 2. The third-order valence-electron chi connectivity index (χ3n) is 3.07. The van der Waals surface area contributed by atoms with Gasteiger partial charge < -0.3 is 10.1 Å². The zero-order valence-electron chi connectivity index (χ0n) is 9.92. The van der Waals surface area contributed by atoms with Crippen LogP contribution in [0.4, 0.5) is 4.39 Å². The Kier molecular flexibility index (Phi) is 4.72. The highest BCUT2D eigenvalue weighted by atomic mass is 79.9. The van der Waals surface area contributed by atoms with E-state index in [1.807, 2.05) is 0 Å². The van der Waals surface area contributed by atoms with Crippen LogP contribution in [0.1, 0.15) is 23.2 Å². The highest BCUT2D eigenvalue weighted by Gasteiger charge is 2.16. The summed E-state index contributed by atoms with van der Waals surface area (Å²) in [5, 5.41) is 2.85. The zero-order valence-corrected chi connectivity index (χ0v) is 11.5. The molecule has 0 saturated carbocycles. The molecule has 1 heterocycles. The van der Waals surface area contributed by atoms with Crippen LogP contribution in [0.3, 0.4) is 0 Å². The number of benzene rings is 1. The molecule has 3 nitrogen and oxygen atoms in total. The summed E-state index contributed by atoms with van der Waals surface area (Å²) in [6, 6.07) is 4.10. The molecule has 18 heavy (non-hydrogen) atoms. The van der Waals surface area contributed by atoms with E-state index in [-0.39, 0.29) is 5.91 Å². The van der Waals surface area contributed by atoms with Gasteiger partial charge in [-0.15, -0.1) is 0 Å². The monoisotopic (exact) mass is 315 g/mol. The van der Waals surface area contributed by atoms with E-state index in [1.54, 1.807) is 6.07 Å². The Morgan fingerprint density at radius 2 is 2.17 bits per heavy atom. The van der Waals surface area contributed by atoms with Gasteiger partial charge in [-0.2, -0.15) is 0 Å². The molecular weight excluding hydrogens is 301 g/mol. The molecule has 1 fully saturated rings. The molecule has 1 amide bonds. The van der Waals surface area contributed by atoms with Crippen LogP contribution in [-0.4, -0.2) is 25.7 Å². The molecular formula is C13H15BrFNO2. The van der Waals surface area contributed by atoms with Gasteiger partial charge in [-0.3, -0.25) is 4.79 Å². The maximum absolute atomic E-state index is 13.1. The molecule has 2 rings (SSSR count). The first-order valence-electron chi connectivity index (χ1n) is 5.98. The molecule has 98 valence electrons. The molecule has 0 unspecified atom stereocenters. The Balaban J connectivity index is 1.92. The number of hydrogen-bond donors (Lipinski definition) is 1. The number of carbonyl (C=O) groups is 1. The van der Waals surface area contributed by atoms with Crippen LogP contribution in [0.25, 0.3) is 0 Å². The number of ether oxygens (including phenoxy) is 1. The predicted octanol–water partition coefficient (Wildman–Crippen LogP) is 2.74. The second-order valence-corrected chi connectivity index (χ2v) is 5.24. The summed E-state index contributed by atoms with van der Waals surface area (Å²) < 4.78 is 18.9. The van der Waals surface area contributed by atoms with Gasteiger partial charge in [0, 0.05) is 24.2 Å². The molecule has 1 N–H and O–H groups in total. The summed E-state index contributed by atoms with van der Waals surface area (Å²) >= 11 is 3.25. The van der Waals surface area contributed by atoms with E-state index in [2.05, 4.69) is 21.2 Å². The normalized spacial score (nSPS) is 16.6. The van der Waals surface area contributed by atoms with Crippen LogP contribution in [0, 0.1) is 11.7 Å². The minimum atomic E-state index is -0.408. The second kappa shape index (κ2) is 6.29. The summed E-state index contributed by atoms with van der Waals surface area (Å²) in [6.07, 6.45) is 1.93. The van der Waals surface area contributed by atoms with Crippen molar-refractivity contribution in [2.24, 2.45) is 5.92 Å². The van der Waals surface area contributed by atoms with Crippen molar-refractivity contribution in [2.75, 3.05) is 19.8 Å². The molecule has 1 aromatic rings. The molecule has 1 saturated heterocycles. The first kappa shape index (κ1) is 13.5. The fourth-order valence-electron chi connectivity index (χ4n) is 1.95. The van der Waals surface area contributed by atoms with E-state index >= 15 is 0 Å². The van der Waals surface area contributed by atoms with Crippen LogP contribution >= 0.6 is 15.9 Å². The number of nitrogens with one attached hydrogen (secondary N) is 1. The van der Waals surface area contributed by atoms with Crippen molar-refractivity contribution in [1.29, 1.82) is 0 Å². The van der Waals surface area contributed by atoms with Gasteiger partial charge in [0.05, 0.1) is 5.56 Å². The standard InChI is InChI=1S/C13H15BrFNO2/c14-12-2-1-10(15)7-11(12)13(17)16-8-9-3-5-18-6-4-9/h1-2,7,9H,3-6,8H2,(H,16,17). The van der Waals surface area contributed by atoms with Gasteiger partial charge in [-0.25, -0.2) is 4.39 Å². The lowest BCUT2D eigenvalue weighted by Crippen LogP contribution is -2.32. The van der Waals surface area contributed by atoms with E-state index in [0.29, 0.717) is 22.5 Å². The lowest BCUT2D eigenvalue weighted by molar-refractivity contribution is 0.0642. The number of rotatable bonds is 3. The Labute approximate surface area is 114 Å². The average Bonchev–Trinajstić information content (AvgIpc) is 2.40. The third-order valence-corrected chi connectivity index (χ3v) is 3.76. The summed E-state index contributed by atoms with van der Waals surface area (Å²) in [4.78, 5) is 11.9. The van der Waals surface area contributed by atoms with Crippen LogP contribution in [0.15, 0.2) is 22.7 Å². The van der Waals surface area contributed by atoms with Crippen LogP contribution in [0.5, 0.6) is 0 Å². The summed E-state index contributed by atoms with van der Waals surface area (Å²) in [6.45, 7) is 2.12. The van der Waals surface area contributed by atoms with Gasteiger partial charge >= 0.3 is 0 Å². The molecule has 0 bridgehead atoms. The average molecular weight is 316 g/mol. The maximum Gasteiger partial charge on any atom is 0.252 e. The van der Waals surface area contributed by atoms with Crippen molar-refractivity contribution in [3.8, 4) is 0 Å². The minimum Gasteiger partial charge on any atom is -0.381 e. The van der Waals surface area contributed by atoms with Crippen LogP contribution in [-0.2, 0) is 4.74 Å². The third kappa shape index (κ3) is 3.53. The van der Waals surface area contributed by atoms with Gasteiger partial charge in [0.25, 0.3) is 5.91 Å². The number of amides is 1. The van der Waals surface area contributed by atoms with E-state index in [4.69, 9.17) is 4.74 Å². The Hall–Kier alpha value is -0.940. The first-order chi connectivity index (χ1) is 8.66. The molecule has 1 aromatic carbocycles. The van der Waals surface area contributed by atoms with Crippen molar-refractivity contribution >= 4 is 21.8 Å². The van der Waals surface area contributed by atoms with E-state index in [0.717, 1.165) is 26.1 Å². The smallest absolute Gasteiger partial charge is 0.252 e. The number of hydrogen-bond acceptors (Lipinski definition) is 2. The van der Waals surface area contributed by atoms with Crippen LogP contribution in [0.2, 0.25) is 0 Å². The molecule has 0 spiro atoms. The molecule has 1 aliphatic heterocycles. The highest BCUT2D eigenvalue weighted by molar-refractivity contribution is 9.10. The van der Waals surface area contributed by atoms with Gasteiger partial charge in [0.15, 0.2) is 0 Å². The van der Waals surface area contributed by atoms with E-state index in [1.165, 1.54) is 12.1 Å². The van der Waals surface area contributed by atoms with E-state index in [9.17, 15) is 9.18 Å². The largest absolute Gasteiger partial charge is 0.381 e. The lowest BCUT2D eigenvalue weighted by Gasteiger charge is -2.22. The lowest BCUT2D eigenvalue weighted by atomic mass is 10.0. The summed E-state index contributed by atoms with van der Waals surface area (Å²) in [5.74, 6) is -0.197. The molecule has 5 heteroatoms. The Morgan fingerprint density at radius 3 is 2.89 bits per heavy atom.